The summed E-state index contributed by atoms with van der Waals surface area (Å²) in [6.45, 7) is 5.00. The van der Waals surface area contributed by atoms with Crippen molar-refractivity contribution in [2.45, 2.75) is 26.2 Å². The summed E-state index contributed by atoms with van der Waals surface area (Å²) in [4.78, 5) is 21.8. The molecule has 0 radical (unpaired) electrons. The van der Waals surface area contributed by atoms with Gasteiger partial charge in [-0.1, -0.05) is 32.0 Å². The van der Waals surface area contributed by atoms with Crippen LogP contribution in [0.4, 0.5) is 5.69 Å². The SMILES string of the molecule is CC(C)C(C)(C(=O)O)c1ccccc1[N+](=O)[O-]. The van der Waals surface area contributed by atoms with Gasteiger partial charge in [-0.2, -0.15) is 0 Å². The fourth-order valence-electron chi connectivity index (χ4n) is 1.75. The van der Waals surface area contributed by atoms with E-state index in [4.69, 9.17) is 0 Å². The third-order valence-corrected chi connectivity index (χ3v) is 3.26. The van der Waals surface area contributed by atoms with E-state index in [0.717, 1.165) is 0 Å². The third kappa shape index (κ3) is 2.13. The highest BCUT2D eigenvalue weighted by atomic mass is 16.6. The molecule has 0 spiro atoms. The van der Waals surface area contributed by atoms with Gasteiger partial charge in [-0.25, -0.2) is 0 Å². The molecule has 0 saturated carbocycles. The van der Waals surface area contributed by atoms with E-state index in [2.05, 4.69) is 0 Å². The van der Waals surface area contributed by atoms with E-state index in [1.807, 2.05) is 0 Å². The minimum absolute atomic E-state index is 0.147. The zero-order valence-corrected chi connectivity index (χ0v) is 10.0. The monoisotopic (exact) mass is 237 g/mol. The molecule has 0 aliphatic rings. The lowest BCUT2D eigenvalue weighted by Gasteiger charge is -2.29. The zero-order chi connectivity index (χ0) is 13.2. The predicted octanol–water partition coefficient (Wildman–Crippen LogP) is 2.59. The van der Waals surface area contributed by atoms with Crippen LogP contribution in [0.1, 0.15) is 26.3 Å². The Kier molecular flexibility index (Phi) is 3.50. The number of benzene rings is 1. The number of para-hydroxylation sites is 1. The summed E-state index contributed by atoms with van der Waals surface area (Å²) in [6.07, 6.45) is 0. The molecule has 0 saturated heterocycles. The number of nitrogens with zero attached hydrogens (tertiary/aromatic N) is 1. The van der Waals surface area contributed by atoms with E-state index in [0.29, 0.717) is 0 Å². The highest BCUT2D eigenvalue weighted by molar-refractivity contribution is 5.83. The van der Waals surface area contributed by atoms with Crippen LogP contribution >= 0.6 is 0 Å². The van der Waals surface area contributed by atoms with Crippen LogP contribution in [0.3, 0.4) is 0 Å². The summed E-state index contributed by atoms with van der Waals surface area (Å²) in [5.74, 6) is -1.30. The molecule has 1 unspecified atom stereocenters. The lowest BCUT2D eigenvalue weighted by molar-refractivity contribution is -0.386. The number of carbonyl (C=O) groups is 1. The Labute approximate surface area is 99.2 Å². The minimum Gasteiger partial charge on any atom is -0.481 e. The normalized spacial score (nSPS) is 14.4. The summed E-state index contributed by atoms with van der Waals surface area (Å²) < 4.78 is 0. The average Bonchev–Trinajstić information content (AvgIpc) is 2.27. The first-order chi connectivity index (χ1) is 7.81. The Hall–Kier alpha value is -1.91. The third-order valence-electron chi connectivity index (χ3n) is 3.26. The molecule has 0 amide bonds. The Bertz CT molecular complexity index is 456. The van der Waals surface area contributed by atoms with Gasteiger partial charge in [0, 0.05) is 11.6 Å². The van der Waals surface area contributed by atoms with E-state index < -0.39 is 16.3 Å². The smallest absolute Gasteiger partial charge is 0.314 e. The van der Waals surface area contributed by atoms with Crippen molar-refractivity contribution < 1.29 is 14.8 Å². The molecule has 0 bridgehead atoms. The second-order valence-corrected chi connectivity index (χ2v) is 4.44. The number of carboxylic acids is 1. The van der Waals surface area contributed by atoms with Crippen LogP contribution in [0.15, 0.2) is 24.3 Å². The largest absolute Gasteiger partial charge is 0.481 e. The molecule has 92 valence electrons. The minimum atomic E-state index is -1.26. The van der Waals surface area contributed by atoms with Crippen LogP contribution in [-0.4, -0.2) is 16.0 Å². The molecule has 0 aliphatic heterocycles. The van der Waals surface area contributed by atoms with Crippen LogP contribution in [0.2, 0.25) is 0 Å². The molecule has 1 aromatic rings. The fraction of sp³-hybridized carbons (Fsp3) is 0.417. The number of hydrogen-bond acceptors (Lipinski definition) is 3. The Morgan fingerprint density at radius 3 is 2.35 bits per heavy atom. The van der Waals surface area contributed by atoms with E-state index in [9.17, 15) is 20.0 Å². The highest BCUT2D eigenvalue weighted by Crippen LogP contribution is 2.37. The number of rotatable bonds is 4. The van der Waals surface area contributed by atoms with Gasteiger partial charge in [-0.15, -0.1) is 0 Å². The van der Waals surface area contributed by atoms with Gasteiger partial charge in [0.25, 0.3) is 5.69 Å². The van der Waals surface area contributed by atoms with Gasteiger partial charge >= 0.3 is 5.97 Å². The van der Waals surface area contributed by atoms with Crippen molar-refractivity contribution in [2.75, 3.05) is 0 Å². The maximum atomic E-state index is 11.4. The maximum Gasteiger partial charge on any atom is 0.314 e. The molecule has 17 heavy (non-hydrogen) atoms. The summed E-state index contributed by atoms with van der Waals surface area (Å²) in [5, 5.41) is 20.3. The molecule has 1 aromatic carbocycles. The van der Waals surface area contributed by atoms with Crippen LogP contribution in [0, 0.1) is 16.0 Å². The van der Waals surface area contributed by atoms with Crippen LogP contribution < -0.4 is 0 Å². The van der Waals surface area contributed by atoms with Crippen molar-refractivity contribution in [3.8, 4) is 0 Å². The van der Waals surface area contributed by atoms with Crippen molar-refractivity contribution in [3.05, 3.63) is 39.9 Å². The zero-order valence-electron chi connectivity index (χ0n) is 10.0. The number of nitro groups is 1. The second kappa shape index (κ2) is 4.53. The van der Waals surface area contributed by atoms with E-state index in [1.54, 1.807) is 19.9 Å². The highest BCUT2D eigenvalue weighted by Gasteiger charge is 2.42. The summed E-state index contributed by atoms with van der Waals surface area (Å²) in [6, 6.07) is 5.99. The Morgan fingerprint density at radius 1 is 1.41 bits per heavy atom. The standard InChI is InChI=1S/C12H15NO4/c1-8(2)12(3,11(14)15)9-6-4-5-7-10(9)13(16)17/h4-8H,1-3H3,(H,14,15). The van der Waals surface area contributed by atoms with Crippen LogP contribution in [-0.2, 0) is 10.2 Å². The van der Waals surface area contributed by atoms with Gasteiger partial charge in [0.2, 0.25) is 0 Å². The van der Waals surface area contributed by atoms with E-state index in [-0.39, 0.29) is 17.2 Å². The first-order valence-corrected chi connectivity index (χ1v) is 5.29. The molecule has 0 heterocycles. The number of aliphatic carboxylic acids is 1. The average molecular weight is 237 g/mol. The van der Waals surface area contributed by atoms with Crippen LogP contribution in [0.5, 0.6) is 0 Å². The first-order valence-electron chi connectivity index (χ1n) is 5.29. The molecule has 5 nitrogen and oxygen atoms in total. The molecule has 1 rings (SSSR count). The number of hydrogen-bond donors (Lipinski definition) is 1. The molecular formula is C12H15NO4. The van der Waals surface area contributed by atoms with Crippen molar-refractivity contribution in [3.63, 3.8) is 0 Å². The molecule has 5 heteroatoms. The summed E-state index contributed by atoms with van der Waals surface area (Å²) in [7, 11) is 0. The Balaban J connectivity index is 3.49. The van der Waals surface area contributed by atoms with Gasteiger partial charge in [0.15, 0.2) is 0 Å². The van der Waals surface area contributed by atoms with Gasteiger partial charge in [-0.05, 0) is 12.8 Å². The maximum absolute atomic E-state index is 11.4. The topological polar surface area (TPSA) is 80.4 Å². The number of nitro benzene ring substituents is 1. The van der Waals surface area contributed by atoms with Crippen molar-refractivity contribution >= 4 is 11.7 Å². The van der Waals surface area contributed by atoms with Crippen molar-refractivity contribution in [2.24, 2.45) is 5.92 Å². The lowest BCUT2D eigenvalue weighted by Crippen LogP contribution is -2.38. The lowest BCUT2D eigenvalue weighted by atomic mass is 9.73. The number of carboxylic acid groups (broad SMARTS) is 1. The molecule has 0 fully saturated rings. The summed E-state index contributed by atoms with van der Waals surface area (Å²) >= 11 is 0. The molecular weight excluding hydrogens is 222 g/mol. The molecule has 1 atom stereocenters. The quantitative estimate of drug-likeness (QED) is 0.644. The van der Waals surface area contributed by atoms with Gasteiger partial charge in [0.1, 0.15) is 0 Å². The van der Waals surface area contributed by atoms with Crippen molar-refractivity contribution in [1.82, 2.24) is 0 Å². The van der Waals surface area contributed by atoms with Crippen LogP contribution in [0.25, 0.3) is 0 Å². The van der Waals surface area contributed by atoms with E-state index in [1.165, 1.54) is 25.1 Å². The second-order valence-electron chi connectivity index (χ2n) is 4.44. The molecule has 0 aromatic heterocycles. The fourth-order valence-corrected chi connectivity index (χ4v) is 1.75. The Morgan fingerprint density at radius 2 is 1.94 bits per heavy atom. The van der Waals surface area contributed by atoms with Crippen molar-refractivity contribution in [1.29, 1.82) is 0 Å². The summed E-state index contributed by atoms with van der Waals surface area (Å²) in [5.41, 5.74) is -1.16. The first kappa shape index (κ1) is 13.2. The van der Waals surface area contributed by atoms with Gasteiger partial charge in [0.05, 0.1) is 10.3 Å². The molecule has 1 N–H and O–H groups in total. The predicted molar refractivity (Wildman–Crippen MR) is 62.9 cm³/mol. The van der Waals surface area contributed by atoms with Gasteiger partial charge < -0.3 is 5.11 Å². The van der Waals surface area contributed by atoms with Gasteiger partial charge in [-0.3, -0.25) is 14.9 Å². The molecule has 0 aliphatic carbocycles. The van der Waals surface area contributed by atoms with E-state index >= 15 is 0 Å².